The van der Waals surface area contributed by atoms with Crippen molar-refractivity contribution in [3.63, 3.8) is 0 Å². The van der Waals surface area contributed by atoms with Crippen molar-refractivity contribution in [3.05, 3.63) is 65.7 Å². The third-order valence-corrected chi connectivity index (χ3v) is 3.53. The molecule has 3 aromatic rings. The van der Waals surface area contributed by atoms with E-state index in [1.165, 1.54) is 12.3 Å². The minimum Gasteiger partial charge on any atom is -0.491 e. The van der Waals surface area contributed by atoms with Gasteiger partial charge >= 0.3 is 0 Å². The molecule has 0 spiro atoms. The summed E-state index contributed by atoms with van der Waals surface area (Å²) in [5.74, 6) is -0.0427. The minimum atomic E-state index is -0.308. The Kier molecular flexibility index (Phi) is 4.23. The monoisotopic (exact) mass is 313 g/mol. The van der Waals surface area contributed by atoms with Crippen LogP contribution in [0.3, 0.4) is 0 Å². The lowest BCUT2D eigenvalue weighted by atomic mass is 10.2. The molecule has 0 aliphatic rings. The Hall–Kier alpha value is -2.89. The summed E-state index contributed by atoms with van der Waals surface area (Å²) in [4.78, 5) is 12.2. The molecule has 1 amide bonds. The zero-order valence-electron chi connectivity index (χ0n) is 12.6. The van der Waals surface area contributed by atoms with Gasteiger partial charge in [0.25, 0.3) is 5.91 Å². The van der Waals surface area contributed by atoms with Crippen molar-refractivity contribution >= 4 is 11.4 Å². The topological polar surface area (TPSA) is 55.6 Å². The molecular weight excluding hydrogens is 297 g/mol. The summed E-state index contributed by atoms with van der Waals surface area (Å²) in [5.41, 5.74) is 1.71. The summed E-state index contributed by atoms with van der Waals surface area (Å²) in [7, 11) is 0. The predicted molar refractivity (Wildman–Crippen MR) is 84.2 cm³/mol. The summed E-state index contributed by atoms with van der Waals surface area (Å²) in [6.45, 7) is 2.23. The van der Waals surface area contributed by atoms with Gasteiger partial charge in [0.05, 0.1) is 23.8 Å². The molecule has 0 fully saturated rings. The van der Waals surface area contributed by atoms with E-state index < -0.39 is 0 Å². The average Bonchev–Trinajstić information content (AvgIpc) is 2.99. The first-order chi connectivity index (χ1) is 11.2. The van der Waals surface area contributed by atoms with E-state index in [9.17, 15) is 9.18 Å². The quantitative estimate of drug-likeness (QED) is 0.737. The molecule has 0 unspecified atom stereocenters. The first kappa shape index (κ1) is 15.0. The highest BCUT2D eigenvalue weighted by atomic mass is 19.1. The Morgan fingerprint density at radius 2 is 2.17 bits per heavy atom. The molecule has 0 aliphatic heterocycles. The minimum absolute atomic E-state index is 0.217. The Labute approximate surface area is 132 Å². The second-order valence-electron chi connectivity index (χ2n) is 5.06. The number of halogens is 1. The van der Waals surface area contributed by atoms with Crippen LogP contribution >= 0.6 is 0 Å². The summed E-state index contributed by atoms with van der Waals surface area (Å²) < 4.78 is 20.5. The van der Waals surface area contributed by atoms with Gasteiger partial charge in [-0.05, 0) is 31.2 Å². The van der Waals surface area contributed by atoms with Crippen LogP contribution in [0.2, 0.25) is 0 Å². The molecule has 6 heteroatoms. The molecule has 118 valence electrons. The van der Waals surface area contributed by atoms with Gasteiger partial charge in [-0.3, -0.25) is 4.79 Å². The van der Waals surface area contributed by atoms with Gasteiger partial charge < -0.3 is 10.1 Å². The van der Waals surface area contributed by atoms with Crippen LogP contribution in [-0.2, 0) is 0 Å². The maximum absolute atomic E-state index is 13.4. The maximum atomic E-state index is 13.4. The van der Waals surface area contributed by atoms with Gasteiger partial charge in [-0.15, -0.1) is 0 Å². The van der Waals surface area contributed by atoms with Crippen molar-refractivity contribution in [3.8, 4) is 5.75 Å². The Morgan fingerprint density at radius 1 is 1.30 bits per heavy atom. The molecule has 2 heterocycles. The molecule has 1 aromatic carbocycles. The highest BCUT2D eigenvalue weighted by Gasteiger charge is 2.11. The molecule has 0 radical (unpaired) electrons. The van der Waals surface area contributed by atoms with Crippen LogP contribution in [-0.4, -0.2) is 28.7 Å². The van der Waals surface area contributed by atoms with Gasteiger partial charge in [0.1, 0.15) is 18.2 Å². The van der Waals surface area contributed by atoms with Crippen molar-refractivity contribution in [2.75, 3.05) is 13.2 Å². The normalized spacial score (nSPS) is 10.7. The standard InChI is InChI=1S/C17H16FN3O2/c1-12-14(18)5-4-7-16(12)23-10-8-19-17(22)13-11-20-21-9-3-2-6-15(13)21/h2-7,9,11H,8,10H2,1H3,(H,19,22). The number of carbonyl (C=O) groups is 1. The number of fused-ring (bicyclic) bond motifs is 1. The van der Waals surface area contributed by atoms with E-state index >= 15 is 0 Å². The highest BCUT2D eigenvalue weighted by molar-refractivity contribution is 6.00. The second kappa shape index (κ2) is 6.48. The molecule has 23 heavy (non-hydrogen) atoms. The summed E-state index contributed by atoms with van der Waals surface area (Å²) in [6, 6.07) is 10.2. The molecule has 0 saturated carbocycles. The number of hydrogen-bond donors (Lipinski definition) is 1. The van der Waals surface area contributed by atoms with Crippen LogP contribution in [0.1, 0.15) is 15.9 Å². The van der Waals surface area contributed by atoms with Crippen molar-refractivity contribution in [1.82, 2.24) is 14.9 Å². The van der Waals surface area contributed by atoms with Crippen molar-refractivity contribution < 1.29 is 13.9 Å². The maximum Gasteiger partial charge on any atom is 0.255 e. The smallest absolute Gasteiger partial charge is 0.255 e. The summed E-state index contributed by atoms with van der Waals surface area (Å²) in [5, 5.41) is 6.89. The van der Waals surface area contributed by atoms with E-state index in [0.717, 1.165) is 5.52 Å². The lowest BCUT2D eigenvalue weighted by Gasteiger charge is -2.10. The third-order valence-electron chi connectivity index (χ3n) is 3.53. The number of aromatic nitrogens is 2. The van der Waals surface area contributed by atoms with Crippen LogP contribution in [0.5, 0.6) is 5.75 Å². The van der Waals surface area contributed by atoms with E-state index in [-0.39, 0.29) is 18.3 Å². The van der Waals surface area contributed by atoms with Gasteiger partial charge in [-0.2, -0.15) is 5.10 Å². The average molecular weight is 313 g/mol. The van der Waals surface area contributed by atoms with Crippen molar-refractivity contribution in [1.29, 1.82) is 0 Å². The number of rotatable bonds is 5. The number of benzene rings is 1. The van der Waals surface area contributed by atoms with Crippen LogP contribution in [0.4, 0.5) is 4.39 Å². The lowest BCUT2D eigenvalue weighted by molar-refractivity contribution is 0.0948. The highest BCUT2D eigenvalue weighted by Crippen LogP contribution is 2.19. The van der Waals surface area contributed by atoms with E-state index in [4.69, 9.17) is 4.74 Å². The van der Waals surface area contributed by atoms with Gasteiger partial charge in [-0.1, -0.05) is 12.1 Å². The first-order valence-electron chi connectivity index (χ1n) is 7.25. The molecule has 5 nitrogen and oxygen atoms in total. The van der Waals surface area contributed by atoms with Crippen LogP contribution in [0, 0.1) is 12.7 Å². The molecule has 2 aromatic heterocycles. The fraction of sp³-hybridized carbons (Fsp3) is 0.176. The molecule has 1 N–H and O–H groups in total. The van der Waals surface area contributed by atoms with E-state index in [2.05, 4.69) is 10.4 Å². The Morgan fingerprint density at radius 3 is 3.04 bits per heavy atom. The van der Waals surface area contributed by atoms with Crippen LogP contribution in [0.25, 0.3) is 5.52 Å². The van der Waals surface area contributed by atoms with Crippen molar-refractivity contribution in [2.24, 2.45) is 0 Å². The number of nitrogens with one attached hydrogen (secondary N) is 1. The van der Waals surface area contributed by atoms with Gasteiger partial charge in [0.2, 0.25) is 0 Å². The van der Waals surface area contributed by atoms with E-state index in [0.29, 0.717) is 23.4 Å². The lowest BCUT2D eigenvalue weighted by Crippen LogP contribution is -2.28. The zero-order chi connectivity index (χ0) is 16.2. The van der Waals surface area contributed by atoms with Crippen molar-refractivity contribution in [2.45, 2.75) is 6.92 Å². The zero-order valence-corrected chi connectivity index (χ0v) is 12.6. The number of nitrogens with zero attached hydrogens (tertiary/aromatic N) is 2. The van der Waals surface area contributed by atoms with Crippen LogP contribution < -0.4 is 10.1 Å². The SMILES string of the molecule is Cc1c(F)cccc1OCCNC(=O)c1cnn2ccccc12. The van der Waals surface area contributed by atoms with Gasteiger partial charge in [-0.25, -0.2) is 8.91 Å². The fourth-order valence-electron chi connectivity index (χ4n) is 2.27. The first-order valence-corrected chi connectivity index (χ1v) is 7.25. The van der Waals surface area contributed by atoms with Crippen LogP contribution in [0.15, 0.2) is 48.8 Å². The summed E-state index contributed by atoms with van der Waals surface area (Å²) in [6.07, 6.45) is 3.31. The molecule has 0 bridgehead atoms. The molecular formula is C17H16FN3O2. The Balaban J connectivity index is 1.56. The number of pyridine rings is 1. The number of carbonyl (C=O) groups excluding carboxylic acids is 1. The molecule has 3 rings (SSSR count). The Bertz CT molecular complexity index is 845. The van der Waals surface area contributed by atoms with Gasteiger partial charge in [0.15, 0.2) is 0 Å². The second-order valence-corrected chi connectivity index (χ2v) is 5.06. The summed E-state index contributed by atoms with van der Waals surface area (Å²) >= 11 is 0. The molecule has 0 saturated heterocycles. The molecule has 0 atom stereocenters. The van der Waals surface area contributed by atoms with Gasteiger partial charge in [0, 0.05) is 11.8 Å². The van der Waals surface area contributed by atoms with E-state index in [1.807, 2.05) is 18.2 Å². The largest absolute Gasteiger partial charge is 0.491 e. The fourth-order valence-corrected chi connectivity index (χ4v) is 2.27. The number of amides is 1. The third kappa shape index (κ3) is 3.15. The van der Waals surface area contributed by atoms with E-state index in [1.54, 1.807) is 29.8 Å². The number of ether oxygens (including phenoxy) is 1. The predicted octanol–water partition coefficient (Wildman–Crippen LogP) is 2.59. The number of hydrogen-bond acceptors (Lipinski definition) is 3. The molecule has 0 aliphatic carbocycles.